The van der Waals surface area contributed by atoms with Gasteiger partial charge in [0.05, 0.1) is 0 Å². The molecule has 10 heteroatoms. The van der Waals surface area contributed by atoms with E-state index in [2.05, 4.69) is 42.0 Å². The molecule has 3 aliphatic rings. The Morgan fingerprint density at radius 1 is 0.974 bits per heavy atom. The summed E-state index contributed by atoms with van der Waals surface area (Å²) in [6, 6.07) is 6.18. The molecule has 38 heavy (non-hydrogen) atoms. The standard InChI is InChI=1S/C28H38N6O4/c1-19-6-4-8-23(21(19)3)30-10-12-31(13-11-30)25(36)17-34-24-9-5-7-22(24)27(29-34)28(38)32-14-15-33(20(2)16-32)26(37)18-35/h4,6,8,20,35H,5,7,9-18H2,1-3H3/t20-/m0/s1. The number of aliphatic hydroxyl groups is 1. The zero-order valence-corrected chi connectivity index (χ0v) is 22.6. The Bertz CT molecular complexity index is 1230. The maximum Gasteiger partial charge on any atom is 0.274 e. The lowest BCUT2D eigenvalue weighted by Crippen LogP contribution is -2.56. The second kappa shape index (κ2) is 10.8. The number of nitrogens with zero attached hydrogens (tertiary/aromatic N) is 6. The maximum absolute atomic E-state index is 13.5. The molecule has 2 fully saturated rings. The molecule has 2 aromatic rings. The largest absolute Gasteiger partial charge is 0.387 e. The van der Waals surface area contributed by atoms with E-state index in [1.807, 2.05) is 11.8 Å². The number of benzene rings is 1. The SMILES string of the molecule is Cc1cccc(N2CCN(C(=O)Cn3nc(C(=O)N4CCN(C(=O)CO)[C@@H](C)C4)c4c3CCC4)CC2)c1C. The van der Waals surface area contributed by atoms with E-state index in [9.17, 15) is 19.5 Å². The van der Waals surface area contributed by atoms with Gasteiger partial charge in [0.1, 0.15) is 13.2 Å². The van der Waals surface area contributed by atoms with E-state index in [0.717, 1.165) is 43.6 Å². The van der Waals surface area contributed by atoms with Gasteiger partial charge < -0.3 is 24.7 Å². The number of fused-ring (bicyclic) bond motifs is 1. The van der Waals surface area contributed by atoms with Crippen LogP contribution >= 0.6 is 0 Å². The van der Waals surface area contributed by atoms with Gasteiger partial charge in [0.2, 0.25) is 11.8 Å². The molecule has 1 N–H and O–H groups in total. The highest BCUT2D eigenvalue weighted by Crippen LogP contribution is 2.28. The molecule has 1 aromatic heterocycles. The summed E-state index contributed by atoms with van der Waals surface area (Å²) < 4.78 is 1.75. The fourth-order valence-corrected chi connectivity index (χ4v) is 6.07. The fraction of sp³-hybridized carbons (Fsp3) is 0.571. The van der Waals surface area contributed by atoms with E-state index in [0.29, 0.717) is 38.4 Å². The van der Waals surface area contributed by atoms with Crippen LogP contribution in [0, 0.1) is 13.8 Å². The third kappa shape index (κ3) is 4.89. The van der Waals surface area contributed by atoms with Gasteiger partial charge in [0.15, 0.2) is 5.69 Å². The molecule has 1 aromatic carbocycles. The number of rotatable bonds is 5. The Balaban J connectivity index is 1.24. The van der Waals surface area contributed by atoms with Crippen LogP contribution in [-0.4, -0.2) is 106 Å². The number of hydrogen-bond donors (Lipinski definition) is 1. The summed E-state index contributed by atoms with van der Waals surface area (Å²) in [5, 5.41) is 13.9. The highest BCUT2D eigenvalue weighted by Gasteiger charge is 2.34. The smallest absolute Gasteiger partial charge is 0.274 e. The number of piperazine rings is 2. The minimum atomic E-state index is -0.523. The van der Waals surface area contributed by atoms with Crippen molar-refractivity contribution in [2.75, 3.05) is 57.3 Å². The Morgan fingerprint density at radius 3 is 2.42 bits per heavy atom. The molecule has 1 atom stereocenters. The van der Waals surface area contributed by atoms with Crippen molar-refractivity contribution < 1.29 is 19.5 Å². The molecule has 0 radical (unpaired) electrons. The molecule has 5 rings (SSSR count). The van der Waals surface area contributed by atoms with Crippen LogP contribution in [0.4, 0.5) is 5.69 Å². The molecule has 0 saturated carbocycles. The van der Waals surface area contributed by atoms with Crippen molar-refractivity contribution in [3.8, 4) is 0 Å². The predicted octanol–water partition coefficient (Wildman–Crippen LogP) is 1.00. The Kier molecular flexibility index (Phi) is 7.43. The quantitative estimate of drug-likeness (QED) is 0.629. The molecule has 3 heterocycles. The van der Waals surface area contributed by atoms with Gasteiger partial charge in [-0.3, -0.25) is 19.1 Å². The highest BCUT2D eigenvalue weighted by molar-refractivity contribution is 5.94. The Labute approximate surface area is 223 Å². The maximum atomic E-state index is 13.5. The summed E-state index contributed by atoms with van der Waals surface area (Å²) in [4.78, 5) is 46.3. The number of hydrogen-bond acceptors (Lipinski definition) is 6. The van der Waals surface area contributed by atoms with Crippen molar-refractivity contribution in [2.45, 2.75) is 52.6 Å². The van der Waals surface area contributed by atoms with Crippen LogP contribution < -0.4 is 4.90 Å². The van der Waals surface area contributed by atoms with Gasteiger partial charge in [-0.2, -0.15) is 5.10 Å². The van der Waals surface area contributed by atoms with Crippen molar-refractivity contribution >= 4 is 23.4 Å². The monoisotopic (exact) mass is 522 g/mol. The minimum absolute atomic E-state index is 0.0339. The molecule has 0 bridgehead atoms. The van der Waals surface area contributed by atoms with Crippen molar-refractivity contribution in [1.29, 1.82) is 0 Å². The molecular weight excluding hydrogens is 484 g/mol. The summed E-state index contributed by atoms with van der Waals surface area (Å²) in [6.45, 7) is 9.88. The van der Waals surface area contributed by atoms with Crippen LogP contribution in [-0.2, 0) is 29.0 Å². The summed E-state index contributed by atoms with van der Waals surface area (Å²) >= 11 is 0. The Morgan fingerprint density at radius 2 is 1.71 bits per heavy atom. The molecule has 0 spiro atoms. The topological polar surface area (TPSA) is 102 Å². The molecule has 1 aliphatic carbocycles. The normalized spacial score (nSPS) is 19.6. The van der Waals surface area contributed by atoms with Crippen LogP contribution in [0.2, 0.25) is 0 Å². The second-order valence-electron chi connectivity index (χ2n) is 10.7. The average molecular weight is 523 g/mol. The zero-order chi connectivity index (χ0) is 27.0. The van der Waals surface area contributed by atoms with Crippen LogP contribution in [0.1, 0.15) is 46.2 Å². The lowest BCUT2D eigenvalue weighted by Gasteiger charge is -2.39. The van der Waals surface area contributed by atoms with Gasteiger partial charge in [-0.15, -0.1) is 0 Å². The zero-order valence-electron chi connectivity index (χ0n) is 22.6. The number of carbonyl (C=O) groups is 3. The van der Waals surface area contributed by atoms with Gasteiger partial charge in [-0.1, -0.05) is 12.1 Å². The molecule has 2 aliphatic heterocycles. The summed E-state index contributed by atoms with van der Waals surface area (Å²) in [5.74, 6) is -0.422. The number of aliphatic hydroxyl groups excluding tert-OH is 1. The number of carbonyl (C=O) groups excluding carboxylic acids is 3. The van der Waals surface area contributed by atoms with Crippen molar-refractivity contribution in [3.05, 3.63) is 46.3 Å². The number of anilines is 1. The van der Waals surface area contributed by atoms with E-state index in [4.69, 9.17) is 0 Å². The van der Waals surface area contributed by atoms with E-state index in [1.165, 1.54) is 16.8 Å². The van der Waals surface area contributed by atoms with Crippen LogP contribution in [0.25, 0.3) is 0 Å². The second-order valence-corrected chi connectivity index (χ2v) is 10.7. The van der Waals surface area contributed by atoms with Gasteiger partial charge in [-0.25, -0.2) is 0 Å². The van der Waals surface area contributed by atoms with Crippen molar-refractivity contribution in [3.63, 3.8) is 0 Å². The van der Waals surface area contributed by atoms with Gasteiger partial charge in [0.25, 0.3) is 5.91 Å². The first-order valence-corrected chi connectivity index (χ1v) is 13.7. The van der Waals surface area contributed by atoms with E-state index >= 15 is 0 Å². The first kappa shape index (κ1) is 26.2. The number of aryl methyl sites for hydroxylation is 1. The minimum Gasteiger partial charge on any atom is -0.387 e. The van der Waals surface area contributed by atoms with Gasteiger partial charge in [-0.05, 0) is 57.2 Å². The summed E-state index contributed by atoms with van der Waals surface area (Å²) in [5.41, 5.74) is 6.20. The van der Waals surface area contributed by atoms with Crippen LogP contribution in [0.3, 0.4) is 0 Å². The van der Waals surface area contributed by atoms with Gasteiger partial charge >= 0.3 is 0 Å². The van der Waals surface area contributed by atoms with E-state index < -0.39 is 6.61 Å². The predicted molar refractivity (Wildman–Crippen MR) is 143 cm³/mol. The third-order valence-corrected chi connectivity index (χ3v) is 8.41. The molecule has 3 amide bonds. The molecule has 10 nitrogen and oxygen atoms in total. The molecule has 2 saturated heterocycles. The van der Waals surface area contributed by atoms with Crippen molar-refractivity contribution in [1.82, 2.24) is 24.5 Å². The van der Waals surface area contributed by atoms with Gasteiger partial charge in [0, 0.05) is 68.8 Å². The molecule has 204 valence electrons. The first-order chi connectivity index (χ1) is 18.3. The Hall–Kier alpha value is -3.40. The van der Waals surface area contributed by atoms with Crippen molar-refractivity contribution in [2.24, 2.45) is 0 Å². The number of aromatic nitrogens is 2. The van der Waals surface area contributed by atoms with E-state index in [1.54, 1.807) is 14.5 Å². The highest BCUT2D eigenvalue weighted by atomic mass is 16.3. The third-order valence-electron chi connectivity index (χ3n) is 8.41. The lowest BCUT2D eigenvalue weighted by molar-refractivity contribution is -0.138. The summed E-state index contributed by atoms with van der Waals surface area (Å²) in [6.07, 6.45) is 2.56. The lowest BCUT2D eigenvalue weighted by atomic mass is 10.1. The molecular formula is C28H38N6O4. The van der Waals surface area contributed by atoms with E-state index in [-0.39, 0.29) is 30.3 Å². The average Bonchev–Trinajstić information content (AvgIpc) is 3.53. The summed E-state index contributed by atoms with van der Waals surface area (Å²) in [7, 11) is 0. The fourth-order valence-electron chi connectivity index (χ4n) is 6.07. The first-order valence-electron chi connectivity index (χ1n) is 13.7. The molecule has 0 unspecified atom stereocenters. The number of amides is 3. The van der Waals surface area contributed by atoms with Crippen LogP contribution in [0.5, 0.6) is 0 Å². The van der Waals surface area contributed by atoms with Crippen LogP contribution in [0.15, 0.2) is 18.2 Å².